The quantitative estimate of drug-likeness (QED) is 0.0534. The maximum atomic E-state index is 12.7. The fourth-order valence-electron chi connectivity index (χ4n) is 11.8. The van der Waals surface area contributed by atoms with Crippen LogP contribution in [0.3, 0.4) is 0 Å². The van der Waals surface area contributed by atoms with E-state index >= 15 is 0 Å². The van der Waals surface area contributed by atoms with Crippen molar-refractivity contribution in [1.29, 1.82) is 0 Å². The first kappa shape index (κ1) is 99.6. The van der Waals surface area contributed by atoms with Gasteiger partial charge in [0, 0.05) is 130 Å². The van der Waals surface area contributed by atoms with Crippen LogP contribution in [0.1, 0.15) is 181 Å². The molecule has 32 heteroatoms. The first-order valence-corrected chi connectivity index (χ1v) is 40.2. The second kappa shape index (κ2) is 56.4. The number of nitrogens with zero attached hydrogens (tertiary/aromatic N) is 14. The Hall–Kier alpha value is -11.0. The number of carbonyl (C=O) groups excluding carboxylic acids is 2. The molecule has 3 N–H and O–H groups in total. The number of aromatic nitrogens is 13. The van der Waals surface area contributed by atoms with Gasteiger partial charge in [-0.1, -0.05) is 91.8 Å². The first-order valence-electron chi connectivity index (χ1n) is 40.0. The molecule has 24 nitrogen and oxygen atoms in total. The van der Waals surface area contributed by atoms with Crippen LogP contribution in [0.25, 0.3) is 33.1 Å². The van der Waals surface area contributed by atoms with E-state index in [9.17, 15) is 41.3 Å². The zero-order valence-corrected chi connectivity index (χ0v) is 72.1. The number of pyridine rings is 7. The zero-order chi connectivity index (χ0) is 87.9. The fourth-order valence-corrected chi connectivity index (χ4v) is 12.5. The van der Waals surface area contributed by atoms with Crippen LogP contribution in [0.2, 0.25) is 0 Å². The summed E-state index contributed by atoms with van der Waals surface area (Å²) in [5.41, 5.74) is 12.5. The van der Waals surface area contributed by atoms with Gasteiger partial charge in [-0.05, 0) is 198 Å². The maximum Gasteiger partial charge on any atom is 0.762 e. The summed E-state index contributed by atoms with van der Waals surface area (Å²) in [6.07, 6.45) is 31.7. The van der Waals surface area contributed by atoms with E-state index in [0.717, 1.165) is 171 Å². The summed E-state index contributed by atoms with van der Waals surface area (Å²) in [5, 5.41) is 2.84. The molecule has 15 rings (SSSR count). The van der Waals surface area contributed by atoms with Crippen molar-refractivity contribution in [3.8, 4) is 41.9 Å². The van der Waals surface area contributed by atoms with Gasteiger partial charge in [-0.25, -0.2) is 49.8 Å². The van der Waals surface area contributed by atoms with Crippen LogP contribution >= 0.6 is 31.9 Å². The summed E-state index contributed by atoms with van der Waals surface area (Å²) >= 11 is 6.53. The van der Waals surface area contributed by atoms with Gasteiger partial charge in [0.15, 0.2) is 22.4 Å². The number of nitrogens with two attached hydrogens (primary N) is 1. The molecule has 0 radical (unpaired) electrons. The van der Waals surface area contributed by atoms with E-state index in [0.29, 0.717) is 80.5 Å². The Morgan fingerprint density at radius 1 is 0.575 bits per heavy atom. The van der Waals surface area contributed by atoms with E-state index in [2.05, 4.69) is 155 Å². The SMILES string of the molecule is C.C#Cc1ccccn1.CC1CCNC(=O)CC1.CC1CCc2nc3cc(Br)cnc3c(=O)n2CC1.CC1CCc2nc3cc(C#Cc4ccccn4)cnc3c(=O)n2CC1.CC1CCc2nc3cc(C#Cc4ccccn4)cnc3c(=O)n2CC1.COC1=NCCC(C)CC1.C[O+](C)C.FB(F)F.Nc1cc(Br)cnc1OC=O.[2H]CC.[2H]CF.[F-]. The molecule has 0 aliphatic carbocycles. The van der Waals surface area contributed by atoms with Crippen LogP contribution in [0, 0.1) is 65.6 Å². The monoisotopic (exact) mass is 1780 g/mol. The highest BCUT2D eigenvalue weighted by Gasteiger charge is 2.22. The Labute approximate surface area is 720 Å². The molecule has 10 aromatic rings. The minimum atomic E-state index is -3.67. The number of hydrogen-bond acceptors (Lipinski definition) is 19. The van der Waals surface area contributed by atoms with Crippen molar-refractivity contribution >= 4 is 96.5 Å². The van der Waals surface area contributed by atoms with Crippen LogP contribution in [-0.4, -0.2) is 138 Å². The van der Waals surface area contributed by atoms with Crippen LogP contribution in [0.15, 0.2) is 151 Å². The van der Waals surface area contributed by atoms with E-state index < -0.39 is 14.7 Å². The van der Waals surface area contributed by atoms with E-state index in [-0.39, 0.29) is 47.1 Å². The number of amides is 1. The molecule has 642 valence electrons. The third-order valence-electron chi connectivity index (χ3n) is 18.4. The van der Waals surface area contributed by atoms with Gasteiger partial charge in [0.05, 0.1) is 37.9 Å². The molecule has 10 aromatic heterocycles. The van der Waals surface area contributed by atoms with Gasteiger partial charge in [0.1, 0.15) is 55.9 Å². The van der Waals surface area contributed by atoms with E-state index in [1.165, 1.54) is 19.0 Å². The highest BCUT2D eigenvalue weighted by atomic mass is 79.9. The van der Waals surface area contributed by atoms with Crippen molar-refractivity contribution in [2.75, 3.05) is 54.4 Å². The number of nitrogens with one attached hydrogen (secondary N) is 1. The Balaban J connectivity index is 0.000000370. The lowest BCUT2D eigenvalue weighted by Crippen LogP contribution is -3.00. The summed E-state index contributed by atoms with van der Waals surface area (Å²) in [6, 6.07) is 23.8. The number of methoxy groups -OCH3 is 1. The summed E-state index contributed by atoms with van der Waals surface area (Å²) in [7, 11) is 2.79. The molecule has 5 atom stereocenters. The lowest BCUT2D eigenvalue weighted by atomic mass is 10.0. The van der Waals surface area contributed by atoms with E-state index in [4.69, 9.17) is 29.6 Å². The molecular formula is C88H110BBr2F5N16O8. The Morgan fingerprint density at radius 3 is 1.34 bits per heavy atom. The Morgan fingerprint density at radius 2 is 0.950 bits per heavy atom. The van der Waals surface area contributed by atoms with Crippen molar-refractivity contribution in [2.45, 2.75) is 172 Å². The van der Waals surface area contributed by atoms with Gasteiger partial charge in [0.25, 0.3) is 23.2 Å². The smallest absolute Gasteiger partial charge is 0.762 e. The number of fused-ring (bicyclic) bond motifs is 6. The molecule has 5 aliphatic heterocycles. The van der Waals surface area contributed by atoms with Crippen molar-refractivity contribution in [1.82, 2.24) is 68.9 Å². The third kappa shape index (κ3) is 36.3. The van der Waals surface area contributed by atoms with Crippen molar-refractivity contribution in [3.05, 3.63) is 208 Å². The minimum absolute atomic E-state index is 0. The molecule has 0 bridgehead atoms. The summed E-state index contributed by atoms with van der Waals surface area (Å²) in [4.78, 5) is 106. The summed E-state index contributed by atoms with van der Waals surface area (Å²) in [6.45, 7) is 17.7. The van der Waals surface area contributed by atoms with Gasteiger partial charge in [-0.15, -0.1) is 6.42 Å². The second-order valence-corrected chi connectivity index (χ2v) is 30.0. The van der Waals surface area contributed by atoms with Crippen LogP contribution < -0.4 is 37.2 Å². The molecule has 120 heavy (non-hydrogen) atoms. The highest BCUT2D eigenvalue weighted by Crippen LogP contribution is 2.25. The normalized spacial score (nSPS) is 16.5. The number of ether oxygens (including phenoxy) is 2. The molecular weight excluding hydrogens is 1670 g/mol. The fraction of sp³-hybridized carbons (Fsp3) is 0.432. The van der Waals surface area contributed by atoms with E-state index in [1.807, 2.05) is 88.1 Å². The number of nitrogen functional groups attached to an aromatic ring is 1. The lowest BCUT2D eigenvalue weighted by Gasteiger charge is -2.09. The average Bonchev–Trinajstić information content (AvgIpc) is 1.42. The standard InChI is InChI=1S/2C20H18N4O.C13H14BrN3O.C8H15NO.C7H13NO.C7H5N.C6H5BrN2O2.C3H9O.C2H6.CH3F.CH4.BF3.FH/c2*1-14-5-8-18-23-17-12-15(6-7-16-4-2-3-10-21-16)13-22-19(17)20(25)24(18)11-9-14;1-8-2-3-11-16-10-6-9(14)7-15-12(10)13(18)17(11)5-4-8;1-7-3-4-8(10-2)9-6-5-7;1-6-2-3-7(9)8-5-4-6;1-2-7-5-3-4-6-8-7;7-4-1-5(8)6(9-2-4)11-3-10;1-4(2)3;2*1-2;;2-1(3)4;/h2*2-4,10,12-14H,5,8-9,11H2,1H3;6-8H,2-5H2,1H3;7H,3-6H2,1-2H3;6H,2-5H2,1H3,(H,8,9);1,3-6H;1-3H,8H2;1-3H3;1-2H3;1H3;1H4;;1H/q;;;;;;;+1;;;;;/p-1/i;;;;;;;;2*1D;;;. The number of hydrogen-bond donors (Lipinski definition) is 2. The highest BCUT2D eigenvalue weighted by molar-refractivity contribution is 9.10. The van der Waals surface area contributed by atoms with Gasteiger partial charge in [-0.2, -0.15) is 0 Å². The lowest BCUT2D eigenvalue weighted by molar-refractivity contribution is -0.121. The number of alkyl halides is 1. The van der Waals surface area contributed by atoms with Gasteiger partial charge in [0.2, 0.25) is 11.8 Å². The molecule has 1 amide bonds. The van der Waals surface area contributed by atoms with Crippen molar-refractivity contribution < 1.29 is 48.2 Å². The molecule has 15 heterocycles. The topological polar surface area (TPSA) is 301 Å². The molecule has 0 aromatic carbocycles. The van der Waals surface area contributed by atoms with Crippen LogP contribution in [0.5, 0.6) is 5.88 Å². The second-order valence-electron chi connectivity index (χ2n) is 28.2. The summed E-state index contributed by atoms with van der Waals surface area (Å²) < 4.78 is 69.8. The number of aliphatic imine (C=N–C) groups is 1. The van der Waals surface area contributed by atoms with Crippen LogP contribution in [0.4, 0.5) is 23.0 Å². The number of terminal acetylenes is 1. The molecule has 0 spiro atoms. The number of aryl methyl sites for hydroxylation is 3. The minimum Gasteiger partial charge on any atom is -1.00 e. The van der Waals surface area contributed by atoms with Crippen molar-refractivity contribution in [2.24, 2.45) is 34.6 Å². The predicted octanol–water partition coefficient (Wildman–Crippen LogP) is 13.0. The average molecular weight is 1790 g/mol. The molecule has 5 aliphatic rings. The van der Waals surface area contributed by atoms with Gasteiger partial charge in [-0.3, -0.25) is 60.0 Å². The van der Waals surface area contributed by atoms with E-state index in [1.54, 1.807) is 77.0 Å². The number of carbonyl (C=O) groups is 2. The molecule has 1 saturated heterocycles. The first-order chi connectivity index (χ1) is 57.6. The largest absolute Gasteiger partial charge is 1.00 e. The molecule has 1 fully saturated rings. The maximum absolute atomic E-state index is 12.7. The predicted molar refractivity (Wildman–Crippen MR) is 472 cm³/mol. The molecule has 0 saturated carbocycles. The summed E-state index contributed by atoms with van der Waals surface area (Å²) in [5.74, 6) is 21.8. The zero-order valence-electron chi connectivity index (χ0n) is 71.0. The van der Waals surface area contributed by atoms with Crippen LogP contribution in [-0.2, 0) is 57.6 Å². The third-order valence-corrected chi connectivity index (χ3v) is 19.2. The molecule has 5 unspecified atom stereocenters. The number of halogens is 7. The number of anilines is 1. The van der Waals surface area contributed by atoms with Gasteiger partial charge >= 0.3 is 7.54 Å². The van der Waals surface area contributed by atoms with Gasteiger partial charge < -0.3 is 29.6 Å². The number of rotatable bonds is 2. The Bertz CT molecular complexity index is 5070. The Kier molecular flexibility index (Phi) is 46.8. The van der Waals surface area contributed by atoms with Crippen molar-refractivity contribution in [3.63, 3.8) is 0 Å².